The molecule has 1 aromatic rings. The summed E-state index contributed by atoms with van der Waals surface area (Å²) in [6, 6.07) is -0.120. The molecule has 0 bridgehead atoms. The maximum absolute atomic E-state index is 12.0. The van der Waals surface area contributed by atoms with Crippen molar-refractivity contribution < 1.29 is 4.79 Å². The van der Waals surface area contributed by atoms with Crippen LogP contribution in [0, 0.1) is 5.92 Å². The Labute approximate surface area is 100 Å². The molecule has 1 fully saturated rings. The second-order valence-electron chi connectivity index (χ2n) is 5.01. The van der Waals surface area contributed by atoms with Gasteiger partial charge in [0.15, 0.2) is 0 Å². The van der Waals surface area contributed by atoms with Crippen molar-refractivity contribution in [3.63, 3.8) is 0 Å². The van der Waals surface area contributed by atoms with E-state index >= 15 is 0 Å². The Hall–Kier alpha value is -1.36. The second kappa shape index (κ2) is 4.49. The highest BCUT2D eigenvalue weighted by Gasteiger charge is 2.26. The maximum Gasteiger partial charge on any atom is 0.237 e. The summed E-state index contributed by atoms with van der Waals surface area (Å²) in [5, 5.41) is 6.28. The lowest BCUT2D eigenvalue weighted by Crippen LogP contribution is -2.49. The fourth-order valence-electron chi connectivity index (χ4n) is 2.42. The molecule has 1 aliphatic carbocycles. The molecule has 0 radical (unpaired) electrons. The van der Waals surface area contributed by atoms with Crippen LogP contribution in [0.15, 0.2) is 6.33 Å². The van der Waals surface area contributed by atoms with Crippen molar-refractivity contribution in [1.82, 2.24) is 20.6 Å². The molecule has 1 saturated carbocycles. The minimum Gasteiger partial charge on any atom is -0.354 e. The molecule has 3 rings (SSSR count). The van der Waals surface area contributed by atoms with Gasteiger partial charge in [0.05, 0.1) is 23.8 Å². The van der Waals surface area contributed by atoms with Crippen LogP contribution in [0.25, 0.3) is 0 Å². The number of hydrogen-bond donors (Lipinski definition) is 3. The minimum absolute atomic E-state index is 0.116. The number of carbonyl (C=O) groups excluding carboxylic acids is 1. The number of fused-ring (bicyclic) bond motifs is 1. The first-order valence-corrected chi connectivity index (χ1v) is 6.35. The summed E-state index contributed by atoms with van der Waals surface area (Å²) in [5.74, 6) is 0.828. The summed E-state index contributed by atoms with van der Waals surface area (Å²) < 4.78 is 0. The van der Waals surface area contributed by atoms with Crippen molar-refractivity contribution in [3.8, 4) is 0 Å². The molecule has 3 N–H and O–H groups in total. The fraction of sp³-hybridized carbons (Fsp3) is 0.667. The number of carbonyl (C=O) groups is 1. The third-order valence-corrected chi connectivity index (χ3v) is 3.84. The molecule has 2 heterocycles. The van der Waals surface area contributed by atoms with Crippen LogP contribution in [-0.2, 0) is 17.8 Å². The van der Waals surface area contributed by atoms with Gasteiger partial charge >= 0.3 is 0 Å². The molecule has 5 nitrogen and oxygen atoms in total. The van der Waals surface area contributed by atoms with Crippen LogP contribution in [0.1, 0.15) is 30.7 Å². The van der Waals surface area contributed by atoms with Crippen molar-refractivity contribution in [2.24, 2.45) is 5.92 Å². The molecular formula is C12H18N4O. The van der Waals surface area contributed by atoms with Crippen molar-refractivity contribution in [2.45, 2.75) is 38.3 Å². The van der Waals surface area contributed by atoms with E-state index in [2.05, 4.69) is 20.6 Å². The standard InChI is InChI=1S/C12H18N4O/c17-12(14-5-8-2-1-3-8)10-4-9-11(6-13-10)16-7-15-9/h7-8,10,13H,1-6H2,(H,14,17)(H,15,16). The van der Waals surface area contributed by atoms with Crippen molar-refractivity contribution in [2.75, 3.05) is 6.54 Å². The van der Waals surface area contributed by atoms with E-state index in [0.29, 0.717) is 18.9 Å². The zero-order valence-corrected chi connectivity index (χ0v) is 9.83. The van der Waals surface area contributed by atoms with E-state index in [1.807, 2.05) is 0 Å². The number of H-pyrrole nitrogens is 1. The Morgan fingerprint density at radius 1 is 1.53 bits per heavy atom. The van der Waals surface area contributed by atoms with Gasteiger partial charge in [-0.15, -0.1) is 0 Å². The van der Waals surface area contributed by atoms with Crippen LogP contribution < -0.4 is 10.6 Å². The lowest BCUT2D eigenvalue weighted by Gasteiger charge is -2.27. The minimum atomic E-state index is -0.120. The molecule has 2 aliphatic rings. The lowest BCUT2D eigenvalue weighted by atomic mass is 9.85. The van der Waals surface area contributed by atoms with E-state index in [1.165, 1.54) is 19.3 Å². The predicted molar refractivity (Wildman–Crippen MR) is 63.3 cm³/mol. The molecule has 92 valence electrons. The van der Waals surface area contributed by atoms with Gasteiger partial charge in [-0.25, -0.2) is 4.98 Å². The molecular weight excluding hydrogens is 216 g/mol. The maximum atomic E-state index is 12.0. The van der Waals surface area contributed by atoms with Gasteiger partial charge in [-0.1, -0.05) is 6.42 Å². The first kappa shape index (κ1) is 10.8. The van der Waals surface area contributed by atoms with E-state index in [1.54, 1.807) is 6.33 Å². The third-order valence-electron chi connectivity index (χ3n) is 3.84. The molecule has 1 aliphatic heterocycles. The van der Waals surface area contributed by atoms with Gasteiger partial charge in [-0.05, 0) is 18.8 Å². The average molecular weight is 234 g/mol. The fourth-order valence-corrected chi connectivity index (χ4v) is 2.42. The summed E-state index contributed by atoms with van der Waals surface area (Å²) in [6.07, 6.45) is 6.24. The highest BCUT2D eigenvalue weighted by atomic mass is 16.2. The van der Waals surface area contributed by atoms with E-state index < -0.39 is 0 Å². The van der Waals surface area contributed by atoms with Crippen LogP contribution in [0.4, 0.5) is 0 Å². The highest BCUT2D eigenvalue weighted by Crippen LogP contribution is 2.25. The quantitative estimate of drug-likeness (QED) is 0.706. The molecule has 0 spiro atoms. The predicted octanol–water partition coefficient (Wildman–Crippen LogP) is 0.340. The number of aromatic nitrogens is 2. The van der Waals surface area contributed by atoms with Crippen LogP contribution >= 0.6 is 0 Å². The Morgan fingerprint density at radius 2 is 2.41 bits per heavy atom. The van der Waals surface area contributed by atoms with Gasteiger partial charge in [0.25, 0.3) is 0 Å². The van der Waals surface area contributed by atoms with Crippen LogP contribution in [0.3, 0.4) is 0 Å². The van der Waals surface area contributed by atoms with Crippen LogP contribution in [-0.4, -0.2) is 28.5 Å². The molecule has 1 atom stereocenters. The van der Waals surface area contributed by atoms with Crippen molar-refractivity contribution >= 4 is 5.91 Å². The molecule has 1 amide bonds. The smallest absolute Gasteiger partial charge is 0.237 e. The zero-order chi connectivity index (χ0) is 11.7. The molecule has 5 heteroatoms. The Bertz CT molecular complexity index is 410. The topological polar surface area (TPSA) is 69.8 Å². The number of aromatic amines is 1. The average Bonchev–Trinajstić information content (AvgIpc) is 2.73. The number of amides is 1. The summed E-state index contributed by atoms with van der Waals surface area (Å²) in [5.41, 5.74) is 2.13. The van der Waals surface area contributed by atoms with Gasteiger partial charge in [-0.3, -0.25) is 10.1 Å². The van der Waals surface area contributed by atoms with Crippen molar-refractivity contribution in [1.29, 1.82) is 0 Å². The first-order valence-electron chi connectivity index (χ1n) is 6.35. The van der Waals surface area contributed by atoms with Gasteiger partial charge < -0.3 is 10.3 Å². The Kier molecular flexibility index (Phi) is 2.84. The molecule has 0 saturated heterocycles. The van der Waals surface area contributed by atoms with Gasteiger partial charge in [0.1, 0.15) is 0 Å². The number of hydrogen-bond acceptors (Lipinski definition) is 3. The number of nitrogens with one attached hydrogen (secondary N) is 3. The molecule has 17 heavy (non-hydrogen) atoms. The normalized spacial score (nSPS) is 23.9. The second-order valence-corrected chi connectivity index (χ2v) is 5.01. The molecule has 1 aromatic heterocycles. The first-order chi connectivity index (χ1) is 8.33. The molecule has 0 aromatic carbocycles. The van der Waals surface area contributed by atoms with E-state index in [4.69, 9.17) is 0 Å². The summed E-state index contributed by atoms with van der Waals surface area (Å²) in [6.45, 7) is 1.54. The van der Waals surface area contributed by atoms with Gasteiger partial charge in [-0.2, -0.15) is 0 Å². The van der Waals surface area contributed by atoms with E-state index in [-0.39, 0.29) is 11.9 Å². The number of imidazole rings is 1. The molecule has 1 unspecified atom stereocenters. The van der Waals surface area contributed by atoms with Crippen LogP contribution in [0.2, 0.25) is 0 Å². The Balaban J connectivity index is 1.53. The van der Waals surface area contributed by atoms with Crippen LogP contribution in [0.5, 0.6) is 0 Å². The lowest BCUT2D eigenvalue weighted by molar-refractivity contribution is -0.123. The summed E-state index contributed by atoms with van der Waals surface area (Å²) >= 11 is 0. The monoisotopic (exact) mass is 234 g/mol. The van der Waals surface area contributed by atoms with Crippen molar-refractivity contribution in [3.05, 3.63) is 17.7 Å². The largest absolute Gasteiger partial charge is 0.354 e. The SMILES string of the molecule is O=C(NCC1CCC1)C1Cc2nc[nH]c2CN1. The highest BCUT2D eigenvalue weighted by molar-refractivity contribution is 5.82. The van der Waals surface area contributed by atoms with E-state index in [0.717, 1.165) is 17.9 Å². The third kappa shape index (κ3) is 2.20. The van der Waals surface area contributed by atoms with E-state index in [9.17, 15) is 4.79 Å². The summed E-state index contributed by atoms with van der Waals surface area (Å²) in [4.78, 5) is 19.3. The zero-order valence-electron chi connectivity index (χ0n) is 9.83. The number of rotatable bonds is 3. The summed E-state index contributed by atoms with van der Waals surface area (Å²) in [7, 11) is 0. The Morgan fingerprint density at radius 3 is 3.18 bits per heavy atom. The number of nitrogens with zero attached hydrogens (tertiary/aromatic N) is 1. The van der Waals surface area contributed by atoms with Gasteiger partial charge in [0.2, 0.25) is 5.91 Å². The van der Waals surface area contributed by atoms with Gasteiger partial charge in [0, 0.05) is 19.5 Å².